The molecule has 19 heavy (non-hydrogen) atoms. The van der Waals surface area contributed by atoms with Crippen molar-refractivity contribution in [2.45, 2.75) is 52.2 Å². The Bertz CT molecular complexity index is 206. The fourth-order valence-corrected chi connectivity index (χ4v) is 2.60. The molecule has 1 aliphatic heterocycles. The predicted molar refractivity (Wildman–Crippen MR) is 79.7 cm³/mol. The molecule has 0 aliphatic carbocycles. The molecule has 4 nitrogen and oxygen atoms in total. The number of rotatable bonds is 10. The second-order valence-corrected chi connectivity index (χ2v) is 5.29. The van der Waals surface area contributed by atoms with Crippen molar-refractivity contribution in [1.29, 1.82) is 0 Å². The molecule has 1 fully saturated rings. The Morgan fingerprint density at radius 2 is 1.95 bits per heavy atom. The van der Waals surface area contributed by atoms with Crippen molar-refractivity contribution in [1.82, 2.24) is 10.2 Å². The Morgan fingerprint density at radius 3 is 2.58 bits per heavy atom. The standard InChI is InChI=1S/C15H32N2O2/c1-4-18-12-6-9-16-13-14(3)17-10-7-15(8-11-17)19-5-2/h14-16H,4-13H2,1-3H3. The average Bonchev–Trinajstić information content (AvgIpc) is 2.43. The highest BCUT2D eigenvalue weighted by Gasteiger charge is 2.22. The number of piperidine rings is 1. The smallest absolute Gasteiger partial charge is 0.0599 e. The van der Waals surface area contributed by atoms with Crippen molar-refractivity contribution in [2.75, 3.05) is 46.0 Å². The first-order valence-corrected chi connectivity index (χ1v) is 7.92. The minimum Gasteiger partial charge on any atom is -0.382 e. The summed E-state index contributed by atoms with van der Waals surface area (Å²) in [6.45, 7) is 13.5. The van der Waals surface area contributed by atoms with Crippen LogP contribution in [-0.2, 0) is 9.47 Å². The summed E-state index contributed by atoms with van der Waals surface area (Å²) < 4.78 is 11.0. The summed E-state index contributed by atoms with van der Waals surface area (Å²) in [5.74, 6) is 0. The molecule has 0 radical (unpaired) electrons. The Balaban J connectivity index is 2.02. The normalized spacial score (nSPS) is 19.7. The zero-order chi connectivity index (χ0) is 13.9. The molecular formula is C15H32N2O2. The van der Waals surface area contributed by atoms with Crippen LogP contribution in [0.1, 0.15) is 40.0 Å². The van der Waals surface area contributed by atoms with Gasteiger partial charge in [-0.2, -0.15) is 0 Å². The summed E-state index contributed by atoms with van der Waals surface area (Å²) >= 11 is 0. The zero-order valence-corrected chi connectivity index (χ0v) is 13.0. The van der Waals surface area contributed by atoms with E-state index in [0.717, 1.165) is 39.3 Å². The van der Waals surface area contributed by atoms with Gasteiger partial charge in [-0.25, -0.2) is 0 Å². The lowest BCUT2D eigenvalue weighted by Crippen LogP contribution is -2.46. The highest BCUT2D eigenvalue weighted by Crippen LogP contribution is 2.15. The van der Waals surface area contributed by atoms with Crippen molar-refractivity contribution in [3.05, 3.63) is 0 Å². The molecule has 0 aromatic heterocycles. The number of nitrogens with one attached hydrogen (secondary N) is 1. The predicted octanol–water partition coefficient (Wildman–Crippen LogP) is 1.89. The third-order valence-corrected chi connectivity index (χ3v) is 3.79. The van der Waals surface area contributed by atoms with Gasteiger partial charge in [0, 0.05) is 45.5 Å². The molecule has 1 heterocycles. The van der Waals surface area contributed by atoms with Gasteiger partial charge < -0.3 is 14.8 Å². The van der Waals surface area contributed by atoms with Crippen LogP contribution in [0.2, 0.25) is 0 Å². The SMILES string of the molecule is CCOCCCNCC(C)N1CCC(OCC)CC1. The lowest BCUT2D eigenvalue weighted by Gasteiger charge is -2.36. The van der Waals surface area contributed by atoms with Crippen LogP contribution in [0.5, 0.6) is 0 Å². The van der Waals surface area contributed by atoms with Gasteiger partial charge in [0.1, 0.15) is 0 Å². The van der Waals surface area contributed by atoms with Crippen molar-refractivity contribution in [2.24, 2.45) is 0 Å². The van der Waals surface area contributed by atoms with E-state index in [9.17, 15) is 0 Å². The van der Waals surface area contributed by atoms with E-state index in [0.29, 0.717) is 12.1 Å². The highest BCUT2D eigenvalue weighted by atomic mass is 16.5. The molecule has 1 unspecified atom stereocenters. The van der Waals surface area contributed by atoms with Crippen LogP contribution >= 0.6 is 0 Å². The van der Waals surface area contributed by atoms with E-state index in [4.69, 9.17) is 9.47 Å². The van der Waals surface area contributed by atoms with Crippen molar-refractivity contribution in [3.63, 3.8) is 0 Å². The average molecular weight is 272 g/mol. The van der Waals surface area contributed by atoms with Crippen molar-refractivity contribution >= 4 is 0 Å². The fourth-order valence-electron chi connectivity index (χ4n) is 2.60. The molecule has 1 aliphatic rings. The lowest BCUT2D eigenvalue weighted by molar-refractivity contribution is 0.00589. The fraction of sp³-hybridized carbons (Fsp3) is 1.00. The summed E-state index contributed by atoms with van der Waals surface area (Å²) in [6.07, 6.45) is 3.96. The quantitative estimate of drug-likeness (QED) is 0.616. The molecule has 0 bridgehead atoms. The van der Waals surface area contributed by atoms with Gasteiger partial charge >= 0.3 is 0 Å². The van der Waals surface area contributed by atoms with Crippen LogP contribution < -0.4 is 5.32 Å². The zero-order valence-electron chi connectivity index (χ0n) is 13.0. The first-order chi connectivity index (χ1) is 9.27. The molecule has 1 N–H and O–H groups in total. The second-order valence-electron chi connectivity index (χ2n) is 5.29. The first kappa shape index (κ1) is 16.9. The molecule has 0 aromatic rings. The summed E-state index contributed by atoms with van der Waals surface area (Å²) in [4.78, 5) is 2.57. The number of ether oxygens (including phenoxy) is 2. The number of nitrogens with zero attached hydrogens (tertiary/aromatic N) is 1. The topological polar surface area (TPSA) is 33.7 Å². The first-order valence-electron chi connectivity index (χ1n) is 7.92. The van der Waals surface area contributed by atoms with Gasteiger partial charge in [0.2, 0.25) is 0 Å². The van der Waals surface area contributed by atoms with Gasteiger partial charge in [-0.3, -0.25) is 4.90 Å². The van der Waals surface area contributed by atoms with Crippen LogP contribution in [-0.4, -0.2) is 63.0 Å². The van der Waals surface area contributed by atoms with Crippen LogP contribution in [0.25, 0.3) is 0 Å². The molecule has 1 saturated heterocycles. The van der Waals surface area contributed by atoms with E-state index in [-0.39, 0.29) is 0 Å². The minimum absolute atomic E-state index is 0.493. The third-order valence-electron chi connectivity index (χ3n) is 3.79. The summed E-state index contributed by atoms with van der Waals surface area (Å²) in [5, 5.41) is 3.52. The molecular weight excluding hydrogens is 240 g/mol. The summed E-state index contributed by atoms with van der Waals surface area (Å²) in [5.41, 5.74) is 0. The monoisotopic (exact) mass is 272 g/mol. The Labute approximate surface area is 118 Å². The van der Waals surface area contributed by atoms with Crippen molar-refractivity contribution in [3.8, 4) is 0 Å². The molecule has 0 spiro atoms. The number of hydrogen-bond donors (Lipinski definition) is 1. The summed E-state index contributed by atoms with van der Waals surface area (Å²) in [6, 6.07) is 0.620. The minimum atomic E-state index is 0.493. The highest BCUT2D eigenvalue weighted by molar-refractivity contribution is 4.77. The van der Waals surface area contributed by atoms with Gasteiger partial charge in [0.15, 0.2) is 0 Å². The van der Waals surface area contributed by atoms with Crippen LogP contribution in [0.3, 0.4) is 0 Å². The maximum atomic E-state index is 5.69. The largest absolute Gasteiger partial charge is 0.382 e. The Morgan fingerprint density at radius 1 is 1.21 bits per heavy atom. The van der Waals surface area contributed by atoms with E-state index in [1.165, 1.54) is 25.9 Å². The van der Waals surface area contributed by atoms with Crippen LogP contribution in [0, 0.1) is 0 Å². The van der Waals surface area contributed by atoms with E-state index < -0.39 is 0 Å². The molecule has 0 aromatic carbocycles. The molecule has 4 heteroatoms. The Kier molecular flexibility index (Phi) is 9.43. The van der Waals surface area contributed by atoms with Crippen molar-refractivity contribution < 1.29 is 9.47 Å². The van der Waals surface area contributed by atoms with Crippen LogP contribution in [0.15, 0.2) is 0 Å². The second kappa shape index (κ2) is 10.6. The molecule has 114 valence electrons. The van der Waals surface area contributed by atoms with Gasteiger partial charge in [0.25, 0.3) is 0 Å². The van der Waals surface area contributed by atoms with Gasteiger partial charge in [-0.1, -0.05) is 0 Å². The number of likely N-dealkylation sites (tertiary alicyclic amines) is 1. The van der Waals surface area contributed by atoms with E-state index in [2.05, 4.69) is 24.1 Å². The molecule has 1 rings (SSSR count). The number of hydrogen-bond acceptors (Lipinski definition) is 4. The Hall–Kier alpha value is -0.160. The van der Waals surface area contributed by atoms with E-state index >= 15 is 0 Å². The summed E-state index contributed by atoms with van der Waals surface area (Å²) in [7, 11) is 0. The van der Waals surface area contributed by atoms with E-state index in [1.54, 1.807) is 0 Å². The maximum absolute atomic E-state index is 5.69. The van der Waals surface area contributed by atoms with Gasteiger partial charge in [-0.15, -0.1) is 0 Å². The van der Waals surface area contributed by atoms with Crippen LogP contribution in [0.4, 0.5) is 0 Å². The molecule has 1 atom stereocenters. The van der Waals surface area contributed by atoms with Gasteiger partial charge in [0.05, 0.1) is 6.10 Å². The third kappa shape index (κ3) is 7.25. The maximum Gasteiger partial charge on any atom is 0.0599 e. The van der Waals surface area contributed by atoms with E-state index in [1.807, 2.05) is 6.92 Å². The molecule has 0 saturated carbocycles. The van der Waals surface area contributed by atoms with Gasteiger partial charge in [-0.05, 0) is 46.6 Å². The lowest BCUT2D eigenvalue weighted by atomic mass is 10.1. The molecule has 0 amide bonds.